The van der Waals surface area contributed by atoms with E-state index in [4.69, 9.17) is 62.8 Å². The third-order valence-electron chi connectivity index (χ3n) is 6.11. The van der Waals surface area contributed by atoms with E-state index in [1.807, 2.05) is 6.07 Å². The maximum Gasteiger partial charge on any atom is 0.141 e. The summed E-state index contributed by atoms with van der Waals surface area (Å²) in [7, 11) is 49.2. The van der Waals surface area contributed by atoms with Gasteiger partial charge in [0.05, 0.1) is 80.7 Å². The number of nitrogens with one attached hydrogen (secondary N) is 1. The lowest BCUT2D eigenvalue weighted by molar-refractivity contribution is 0.339. The van der Waals surface area contributed by atoms with Crippen molar-refractivity contribution in [3.05, 3.63) is 31.0 Å². The molecule has 3 aromatic rings. The Morgan fingerprint density at radius 2 is 1.67 bits per heavy atom. The van der Waals surface area contributed by atoms with Crippen molar-refractivity contribution in [3.63, 3.8) is 0 Å². The van der Waals surface area contributed by atoms with E-state index in [0.717, 1.165) is 5.39 Å². The van der Waals surface area contributed by atoms with Crippen LogP contribution in [0.15, 0.2) is 31.0 Å². The second kappa shape index (κ2) is 6.42. The van der Waals surface area contributed by atoms with Gasteiger partial charge < -0.3 is 4.98 Å². The Morgan fingerprint density at radius 3 is 2.27 bits per heavy atom. The van der Waals surface area contributed by atoms with Gasteiger partial charge in [-0.1, -0.05) is 0 Å². The van der Waals surface area contributed by atoms with Gasteiger partial charge in [0.25, 0.3) is 0 Å². The normalized spacial score (nSPS) is 22.5. The van der Waals surface area contributed by atoms with Crippen molar-refractivity contribution in [1.29, 1.82) is 5.26 Å². The molecule has 0 aromatic carbocycles. The van der Waals surface area contributed by atoms with Crippen LogP contribution in [0.25, 0.3) is 22.3 Å². The largest absolute Gasteiger partial charge is 0.346 e. The lowest BCUT2D eigenvalue weighted by atomic mass is 9.17. The molecule has 4 rings (SSSR count). The van der Waals surface area contributed by atoms with Crippen LogP contribution in [0, 0.1) is 17.2 Å². The number of H-pyrrole nitrogens is 1. The Kier molecular flexibility index (Phi) is 4.51. The molecule has 0 bridgehead atoms. The smallest absolute Gasteiger partial charge is 0.141 e. The molecular weight excluding hydrogens is 363 g/mol. The lowest BCUT2D eigenvalue weighted by Gasteiger charge is -2.51. The zero-order valence-electron chi connectivity index (χ0n) is 15.9. The Balaban J connectivity index is 1.81. The molecule has 1 atom stereocenters. The third-order valence-corrected chi connectivity index (χ3v) is 6.11. The molecule has 0 saturated heterocycles. The van der Waals surface area contributed by atoms with E-state index in [1.165, 1.54) is 17.2 Å². The number of nitrogens with zero attached hydrogens (tertiary/aromatic N) is 5. The van der Waals surface area contributed by atoms with Crippen LogP contribution in [0.1, 0.15) is 6.04 Å². The first-order valence-electron chi connectivity index (χ1n) is 8.91. The summed E-state index contributed by atoms with van der Waals surface area (Å²) in [6.07, 6.45) is 6.25. The number of fused-ring (bicyclic) bond motifs is 1. The summed E-state index contributed by atoms with van der Waals surface area (Å²) >= 11 is 0. The number of rotatable bonds is 3. The highest BCUT2D eigenvalue weighted by Gasteiger charge is 2.66. The molecule has 1 aliphatic carbocycles. The van der Waals surface area contributed by atoms with Crippen LogP contribution in [0.3, 0.4) is 0 Å². The SMILES string of the molecule is [B]C1([B])C(C(C#N)n2cc(-c3ncnc4[nH]ccc34)cn2)C([B])([B])C([B])([B])C1([B])[B]. The summed E-state index contributed by atoms with van der Waals surface area (Å²) in [5, 5.41) is 6.78. The monoisotopic (exact) mass is 372 g/mol. The number of aromatic amines is 1. The molecule has 16 radical (unpaired) electrons. The number of nitriles is 1. The van der Waals surface area contributed by atoms with Crippen molar-refractivity contribution >= 4 is 73.8 Å². The van der Waals surface area contributed by atoms with Gasteiger partial charge in [-0.3, -0.25) is 4.68 Å². The van der Waals surface area contributed by atoms with Gasteiger partial charge in [-0.05, 0) is 12.0 Å². The van der Waals surface area contributed by atoms with Crippen LogP contribution in [0.4, 0.5) is 0 Å². The molecule has 1 N–H and O–H groups in total. The highest BCUT2D eigenvalue weighted by molar-refractivity contribution is 6.68. The number of hydrogen-bond acceptors (Lipinski definition) is 4. The van der Waals surface area contributed by atoms with Crippen molar-refractivity contribution in [2.75, 3.05) is 0 Å². The first-order chi connectivity index (χ1) is 13.9. The van der Waals surface area contributed by atoms with Gasteiger partial charge in [-0.25, -0.2) is 9.97 Å². The molecule has 126 valence electrons. The molecule has 1 unspecified atom stereocenters. The zero-order valence-corrected chi connectivity index (χ0v) is 15.9. The molecule has 0 amide bonds. The number of aromatic nitrogens is 5. The molecule has 1 fully saturated rings. The van der Waals surface area contributed by atoms with Gasteiger partial charge in [0.15, 0.2) is 0 Å². The molecule has 30 heavy (non-hydrogen) atoms. The summed E-state index contributed by atoms with van der Waals surface area (Å²) in [6.45, 7) is 0. The zero-order chi connectivity index (χ0) is 22.1. The van der Waals surface area contributed by atoms with Gasteiger partial charge in [0, 0.05) is 23.3 Å². The summed E-state index contributed by atoms with van der Waals surface area (Å²) in [4.78, 5) is 11.5. The lowest BCUT2D eigenvalue weighted by Crippen LogP contribution is -2.39. The van der Waals surface area contributed by atoms with Gasteiger partial charge >= 0.3 is 0 Å². The van der Waals surface area contributed by atoms with E-state index in [2.05, 4.69) is 26.1 Å². The van der Waals surface area contributed by atoms with Crippen molar-refractivity contribution < 1.29 is 0 Å². The van der Waals surface area contributed by atoms with Gasteiger partial charge in [0.2, 0.25) is 0 Å². The van der Waals surface area contributed by atoms with Gasteiger partial charge in [-0.15, -0.1) is 20.9 Å². The van der Waals surface area contributed by atoms with Crippen LogP contribution in [0.2, 0.25) is 20.9 Å². The maximum atomic E-state index is 9.94. The van der Waals surface area contributed by atoms with Crippen LogP contribution in [0.5, 0.6) is 0 Å². The molecule has 3 aromatic heterocycles. The fourth-order valence-electron chi connectivity index (χ4n) is 4.15. The minimum absolute atomic E-state index is 0.605. The highest BCUT2D eigenvalue weighted by atomic mass is 15.3. The summed E-state index contributed by atoms with van der Waals surface area (Å²) < 4.78 is 1.31. The maximum absolute atomic E-state index is 9.94. The average Bonchev–Trinajstić information content (AvgIpc) is 3.34. The second-order valence-electron chi connectivity index (χ2n) is 7.83. The van der Waals surface area contributed by atoms with E-state index in [0.29, 0.717) is 16.9 Å². The molecule has 14 heteroatoms. The predicted octanol–water partition coefficient (Wildman–Crippen LogP) is -0.671. The Bertz CT molecular complexity index is 1130. The van der Waals surface area contributed by atoms with E-state index in [-0.39, 0.29) is 0 Å². The fourth-order valence-corrected chi connectivity index (χ4v) is 4.15. The fraction of sp³-hybridized carbons (Fsp3) is 0.375. The van der Waals surface area contributed by atoms with Crippen LogP contribution in [-0.2, 0) is 0 Å². The number of hydrogen-bond donors (Lipinski definition) is 1. The van der Waals surface area contributed by atoms with E-state index >= 15 is 0 Å². The Labute approximate surface area is 185 Å². The summed E-state index contributed by atoms with van der Waals surface area (Å²) in [5.41, 5.74) is 1.87. The minimum atomic E-state index is -2.09. The minimum Gasteiger partial charge on any atom is -0.346 e. The van der Waals surface area contributed by atoms with Gasteiger partial charge in [-0.2, -0.15) is 10.4 Å². The average molecular weight is 371 g/mol. The summed E-state index contributed by atoms with van der Waals surface area (Å²) in [6, 6.07) is 2.70. The van der Waals surface area contributed by atoms with Gasteiger partial charge in [0.1, 0.15) is 18.0 Å². The topological polar surface area (TPSA) is 83.2 Å². The van der Waals surface area contributed by atoms with Crippen molar-refractivity contribution in [1.82, 2.24) is 24.7 Å². The standard InChI is InChI=1S/C16H8B8N6/c17-13(18)11(14(19,20)16(23,24)15(13,21)22)9(3-25)30-5-7(4-29-30)10-8-1-2-26-12(8)28-6-27-10/h1-2,4-6,9,11H,(H,26,27,28). The van der Waals surface area contributed by atoms with Crippen molar-refractivity contribution in [2.24, 2.45) is 5.92 Å². The Morgan fingerprint density at radius 1 is 1.03 bits per heavy atom. The third kappa shape index (κ3) is 2.50. The van der Waals surface area contributed by atoms with Crippen LogP contribution in [-0.4, -0.2) is 87.5 Å². The first kappa shape index (κ1) is 21.1. The first-order valence-corrected chi connectivity index (χ1v) is 8.91. The van der Waals surface area contributed by atoms with E-state index in [1.54, 1.807) is 12.4 Å². The molecular formula is C16H8B8N6. The second-order valence-corrected chi connectivity index (χ2v) is 7.83. The molecule has 3 heterocycles. The molecule has 6 nitrogen and oxygen atoms in total. The molecule has 1 saturated carbocycles. The summed E-state index contributed by atoms with van der Waals surface area (Å²) in [5.74, 6) is -1.26. The highest BCUT2D eigenvalue weighted by Crippen LogP contribution is 2.80. The molecule has 0 spiro atoms. The van der Waals surface area contributed by atoms with Crippen molar-refractivity contribution in [2.45, 2.75) is 26.9 Å². The predicted molar refractivity (Wildman–Crippen MR) is 120 cm³/mol. The Hall–Kier alpha value is -2.16. The van der Waals surface area contributed by atoms with E-state index < -0.39 is 32.8 Å². The van der Waals surface area contributed by atoms with Crippen molar-refractivity contribution in [3.8, 4) is 17.3 Å². The van der Waals surface area contributed by atoms with Crippen LogP contribution >= 0.6 is 0 Å². The molecule has 1 aliphatic rings. The quantitative estimate of drug-likeness (QED) is 0.620. The van der Waals surface area contributed by atoms with E-state index in [9.17, 15) is 5.26 Å². The van der Waals surface area contributed by atoms with Crippen LogP contribution < -0.4 is 0 Å². The molecule has 0 aliphatic heterocycles.